The summed E-state index contributed by atoms with van der Waals surface area (Å²) in [7, 11) is 13.5. The number of carbonyl (C=O) groups is 1. The summed E-state index contributed by atoms with van der Waals surface area (Å²) in [6.07, 6.45) is 0.423. The van der Waals surface area contributed by atoms with Crippen molar-refractivity contribution in [2.24, 2.45) is 0 Å². The number of fused-ring (bicyclic) bond motifs is 1. The quantitative estimate of drug-likeness (QED) is 0.813. The van der Waals surface area contributed by atoms with E-state index in [1.54, 1.807) is 12.1 Å². The van der Waals surface area contributed by atoms with Gasteiger partial charge < -0.3 is 4.74 Å². The number of halogens is 2. The molecule has 0 bridgehead atoms. The summed E-state index contributed by atoms with van der Waals surface area (Å²) in [5.41, 5.74) is 0.596. The van der Waals surface area contributed by atoms with Gasteiger partial charge in [-0.1, -0.05) is 0 Å². The molecule has 1 aliphatic rings. The van der Waals surface area contributed by atoms with E-state index >= 15 is 0 Å². The fourth-order valence-corrected chi connectivity index (χ4v) is 3.46. The van der Waals surface area contributed by atoms with Crippen molar-refractivity contribution in [1.82, 2.24) is 0 Å². The minimum Gasteiger partial charge on any atom is -0.491 e. The molecule has 2 nitrogen and oxygen atoms in total. The van der Waals surface area contributed by atoms with Crippen LogP contribution in [-0.4, -0.2) is 12.4 Å². The maximum atomic E-state index is 11.6. The first kappa shape index (κ1) is 11.5. The van der Waals surface area contributed by atoms with Gasteiger partial charge in [0.05, 0.1) is 17.1 Å². The topological polar surface area (TPSA) is 26.3 Å². The number of carbonyl (C=O) groups excluding carboxylic acids is 1. The number of hydrogen-bond donors (Lipinski definition) is 0. The lowest BCUT2D eigenvalue weighted by atomic mass is 10.1. The van der Waals surface area contributed by atoms with Crippen LogP contribution >= 0.6 is 43.3 Å². The second-order valence-corrected chi connectivity index (χ2v) is 5.03. The molecule has 0 saturated heterocycles. The van der Waals surface area contributed by atoms with Gasteiger partial charge in [-0.15, -0.1) is 0 Å². The average molecular weight is 281 g/mol. The normalized spacial score (nSPS) is 14.7. The van der Waals surface area contributed by atoms with E-state index < -0.39 is 0 Å². The molecule has 2 rings (SSSR count). The van der Waals surface area contributed by atoms with Crippen molar-refractivity contribution in [3.8, 4) is 5.75 Å². The number of benzene rings is 1. The van der Waals surface area contributed by atoms with Crippen LogP contribution in [0.25, 0.3) is 0 Å². The second kappa shape index (κ2) is 4.87. The molecule has 0 N–H and O–H groups in total. The summed E-state index contributed by atoms with van der Waals surface area (Å²) in [5.74, 6) is 0.659. The van der Waals surface area contributed by atoms with Crippen molar-refractivity contribution in [3.05, 3.63) is 17.7 Å². The molecule has 1 aromatic carbocycles. The Kier molecular flexibility index (Phi) is 3.72. The van der Waals surface area contributed by atoms with Crippen LogP contribution < -0.4 is 4.74 Å². The van der Waals surface area contributed by atoms with Crippen molar-refractivity contribution < 1.29 is 9.53 Å². The molecule has 15 heavy (non-hydrogen) atoms. The van der Waals surface area contributed by atoms with Crippen LogP contribution in [0.1, 0.15) is 16.8 Å². The third-order valence-corrected chi connectivity index (χ3v) is 4.27. The Labute approximate surface area is 105 Å². The molecule has 80 valence electrons. The van der Waals surface area contributed by atoms with Crippen LogP contribution in [0.15, 0.2) is 21.9 Å². The molecule has 0 aliphatic carbocycles. The third kappa shape index (κ3) is 2.09. The first-order chi connectivity index (χ1) is 7.27. The van der Waals surface area contributed by atoms with Gasteiger partial charge in [-0.05, 0) is 55.4 Å². The standard InChI is InChI=1S/C9H6Cl2O2S2/c10-14-7-2-1-5-6(12)3-4-13-8(5)9(7)15-11/h1-2H,3-4H2. The fourth-order valence-electron chi connectivity index (χ4n) is 1.42. The maximum Gasteiger partial charge on any atom is 0.170 e. The Morgan fingerprint density at radius 2 is 2.07 bits per heavy atom. The lowest BCUT2D eigenvalue weighted by molar-refractivity contribution is 0.0930. The predicted octanol–water partition coefficient (Wildman–Crippen LogP) is 4.14. The highest BCUT2D eigenvalue weighted by Gasteiger charge is 2.23. The van der Waals surface area contributed by atoms with E-state index in [9.17, 15) is 4.79 Å². The second-order valence-electron chi connectivity index (χ2n) is 2.95. The summed E-state index contributed by atoms with van der Waals surface area (Å²) >= 11 is 0. The summed E-state index contributed by atoms with van der Waals surface area (Å²) in [4.78, 5) is 13.1. The molecule has 0 spiro atoms. The van der Waals surface area contributed by atoms with Crippen LogP contribution in [0.5, 0.6) is 5.75 Å². The maximum absolute atomic E-state index is 11.6. The number of ether oxygens (including phenoxy) is 1. The first-order valence-electron chi connectivity index (χ1n) is 4.18. The van der Waals surface area contributed by atoms with Crippen LogP contribution in [0.3, 0.4) is 0 Å². The van der Waals surface area contributed by atoms with Crippen molar-refractivity contribution in [2.45, 2.75) is 16.2 Å². The summed E-state index contributed by atoms with van der Waals surface area (Å²) < 4.78 is 5.46. The molecule has 1 aromatic rings. The van der Waals surface area contributed by atoms with E-state index in [4.69, 9.17) is 26.1 Å². The molecule has 0 fully saturated rings. The van der Waals surface area contributed by atoms with Crippen LogP contribution in [0.2, 0.25) is 0 Å². The highest BCUT2D eigenvalue weighted by molar-refractivity contribution is 8.23. The molecular weight excluding hydrogens is 275 g/mol. The first-order valence-corrected chi connectivity index (χ1v) is 7.46. The molecule has 0 aromatic heterocycles. The zero-order valence-electron chi connectivity index (χ0n) is 7.46. The molecule has 0 saturated carbocycles. The van der Waals surface area contributed by atoms with Crippen LogP contribution in [0, 0.1) is 0 Å². The van der Waals surface area contributed by atoms with Gasteiger partial charge >= 0.3 is 0 Å². The van der Waals surface area contributed by atoms with Crippen molar-refractivity contribution in [3.63, 3.8) is 0 Å². The minimum absolute atomic E-state index is 0.0920. The molecule has 1 heterocycles. The Morgan fingerprint density at radius 1 is 1.27 bits per heavy atom. The zero-order valence-corrected chi connectivity index (χ0v) is 10.6. The van der Waals surface area contributed by atoms with Gasteiger partial charge in [-0.3, -0.25) is 4.79 Å². The van der Waals surface area contributed by atoms with Crippen LogP contribution in [0.4, 0.5) is 0 Å². The molecule has 0 radical (unpaired) electrons. The van der Waals surface area contributed by atoms with Gasteiger partial charge in [-0.25, -0.2) is 0 Å². The summed E-state index contributed by atoms with van der Waals surface area (Å²) in [5, 5.41) is 0. The third-order valence-electron chi connectivity index (χ3n) is 2.11. The smallest absolute Gasteiger partial charge is 0.170 e. The zero-order chi connectivity index (χ0) is 10.8. The minimum atomic E-state index is 0.0920. The monoisotopic (exact) mass is 280 g/mol. The van der Waals surface area contributed by atoms with Gasteiger partial charge in [0.1, 0.15) is 5.75 Å². The lowest BCUT2D eigenvalue weighted by Crippen LogP contribution is -2.15. The molecule has 0 amide bonds. The van der Waals surface area contributed by atoms with Crippen molar-refractivity contribution in [1.29, 1.82) is 0 Å². The van der Waals surface area contributed by atoms with Gasteiger partial charge in [0.25, 0.3) is 0 Å². The summed E-state index contributed by atoms with van der Waals surface area (Å²) in [6, 6.07) is 3.52. The Bertz CT molecular complexity index is 409. The van der Waals surface area contributed by atoms with E-state index in [0.29, 0.717) is 24.3 Å². The van der Waals surface area contributed by atoms with E-state index in [1.165, 1.54) is 0 Å². The van der Waals surface area contributed by atoms with E-state index in [0.717, 1.165) is 31.7 Å². The van der Waals surface area contributed by atoms with E-state index in [-0.39, 0.29) is 5.78 Å². The molecule has 0 atom stereocenters. The van der Waals surface area contributed by atoms with Gasteiger partial charge in [0, 0.05) is 11.3 Å². The predicted molar refractivity (Wildman–Crippen MR) is 64.3 cm³/mol. The van der Waals surface area contributed by atoms with Crippen molar-refractivity contribution in [2.75, 3.05) is 6.61 Å². The largest absolute Gasteiger partial charge is 0.491 e. The average Bonchev–Trinajstić information content (AvgIpc) is 2.28. The number of ketones is 1. The number of hydrogen-bond acceptors (Lipinski definition) is 4. The van der Waals surface area contributed by atoms with Crippen LogP contribution in [-0.2, 0) is 0 Å². The SMILES string of the molecule is O=C1CCOc2c1ccc(SCl)c2SCl. The van der Waals surface area contributed by atoms with E-state index in [1.807, 2.05) is 0 Å². The summed E-state index contributed by atoms with van der Waals surface area (Å²) in [6.45, 7) is 0.409. The number of Topliss-reactive ketones (excluding diaryl/α,β-unsaturated/α-hetero) is 1. The Hall–Kier alpha value is -0.0300. The lowest BCUT2D eigenvalue weighted by Gasteiger charge is -2.19. The molecular formula is C9H6Cl2O2S2. The molecule has 0 unspecified atom stereocenters. The fraction of sp³-hybridized carbons (Fsp3) is 0.222. The molecule has 6 heteroatoms. The van der Waals surface area contributed by atoms with Gasteiger partial charge in [0.15, 0.2) is 5.78 Å². The highest BCUT2D eigenvalue weighted by Crippen LogP contribution is 2.44. The Morgan fingerprint density at radius 3 is 2.73 bits per heavy atom. The Balaban J connectivity index is 2.58. The molecule has 1 aliphatic heterocycles. The highest BCUT2D eigenvalue weighted by atomic mass is 35.7. The van der Waals surface area contributed by atoms with Gasteiger partial charge in [0.2, 0.25) is 0 Å². The van der Waals surface area contributed by atoms with Gasteiger partial charge in [-0.2, -0.15) is 0 Å². The van der Waals surface area contributed by atoms with E-state index in [2.05, 4.69) is 0 Å². The number of rotatable bonds is 2. The van der Waals surface area contributed by atoms with Crippen molar-refractivity contribution >= 4 is 49.1 Å².